The number of carbonyl (C=O) groups is 2. The molecule has 4 nitrogen and oxygen atoms in total. The van der Waals surface area contributed by atoms with E-state index in [1.807, 2.05) is 0 Å². The van der Waals surface area contributed by atoms with Gasteiger partial charge in [0.2, 0.25) is 0 Å². The highest BCUT2D eigenvalue weighted by molar-refractivity contribution is 5.98. The second-order valence-electron chi connectivity index (χ2n) is 7.13. The van der Waals surface area contributed by atoms with Crippen molar-refractivity contribution in [1.29, 1.82) is 0 Å². The van der Waals surface area contributed by atoms with Crippen molar-refractivity contribution < 1.29 is 23.8 Å². The van der Waals surface area contributed by atoms with Gasteiger partial charge in [0.05, 0.1) is 17.1 Å². The smallest absolute Gasteiger partial charge is 0.335 e. The minimum absolute atomic E-state index is 0. The number of ketones is 1. The number of carbonyl (C=O) groups excluding carboxylic acids is 1. The summed E-state index contributed by atoms with van der Waals surface area (Å²) in [5, 5.41) is 9.26. The van der Waals surface area contributed by atoms with Gasteiger partial charge in [-0.25, -0.2) is 9.18 Å². The number of ether oxygens (including phenoxy) is 1. The highest BCUT2D eigenvalue weighted by Gasteiger charge is 2.48. The van der Waals surface area contributed by atoms with Gasteiger partial charge in [0, 0.05) is 6.42 Å². The zero-order valence-corrected chi connectivity index (χ0v) is 14.2. The highest BCUT2D eigenvalue weighted by Crippen LogP contribution is 2.47. The summed E-state index contributed by atoms with van der Waals surface area (Å²) in [5.74, 6) is -0.480. The zero-order chi connectivity index (χ0) is 18.3. The van der Waals surface area contributed by atoms with Crippen molar-refractivity contribution in [2.75, 3.05) is 0 Å². The largest absolute Gasteiger partial charge is 0.490 e. The van der Waals surface area contributed by atoms with Crippen LogP contribution in [0.3, 0.4) is 0 Å². The third-order valence-corrected chi connectivity index (χ3v) is 5.66. The molecule has 1 saturated carbocycles. The Morgan fingerprint density at radius 1 is 1.07 bits per heavy atom. The summed E-state index contributed by atoms with van der Waals surface area (Å²) in [6.45, 7) is 0. The number of rotatable bonds is 3. The van der Waals surface area contributed by atoms with Crippen LogP contribution in [0.1, 0.15) is 62.0 Å². The fourth-order valence-corrected chi connectivity index (χ4v) is 4.26. The molecule has 28 heavy (non-hydrogen) atoms. The molecule has 0 unspecified atom stereocenters. The first-order chi connectivity index (χ1) is 12.5. The van der Waals surface area contributed by atoms with Crippen LogP contribution in [0.25, 0.3) is 0 Å². The third-order valence-electron chi connectivity index (χ3n) is 5.66. The molecule has 2 aromatic carbocycles. The van der Waals surface area contributed by atoms with E-state index in [4.69, 9.17) is 4.74 Å². The minimum atomic E-state index is -0.976. The lowest BCUT2D eigenvalue weighted by molar-refractivity contribution is -0.124. The molecular weight excluding hydrogens is 359 g/mol. The molecule has 150 valence electrons. The predicted octanol–water partition coefficient (Wildman–Crippen LogP) is 5.18. The summed E-state index contributed by atoms with van der Waals surface area (Å²) >= 11 is 0. The third kappa shape index (κ3) is 3.66. The van der Waals surface area contributed by atoms with E-state index in [0.717, 1.165) is 11.1 Å². The number of fused-ring (bicyclic) bond motifs is 2. The predicted molar refractivity (Wildman–Crippen MR) is 107 cm³/mol. The normalized spacial score (nSPS) is 22.8. The molecule has 0 aliphatic heterocycles. The number of halogens is 1. The van der Waals surface area contributed by atoms with E-state index >= 15 is 0 Å². The maximum absolute atomic E-state index is 13.0. The number of carboxylic acids is 1. The van der Waals surface area contributed by atoms with Gasteiger partial charge in [-0.15, -0.1) is 0 Å². The molecule has 0 saturated heterocycles. The zero-order valence-electron chi connectivity index (χ0n) is 14.2. The number of benzene rings is 2. The molecule has 0 heterocycles. The van der Waals surface area contributed by atoms with E-state index in [9.17, 15) is 19.1 Å². The fourth-order valence-electron chi connectivity index (χ4n) is 4.26. The fraction of sp³-hybridized carbons (Fsp3) is 0.391. The van der Waals surface area contributed by atoms with Gasteiger partial charge in [0.15, 0.2) is 0 Å². The summed E-state index contributed by atoms with van der Waals surface area (Å²) < 4.78 is 18.9. The van der Waals surface area contributed by atoms with E-state index in [0.29, 0.717) is 37.9 Å². The Labute approximate surface area is 165 Å². The molecule has 1 spiro atoms. The van der Waals surface area contributed by atoms with Crippen molar-refractivity contribution in [3.05, 3.63) is 65.0 Å². The lowest BCUT2D eigenvalue weighted by Gasteiger charge is -2.37. The van der Waals surface area contributed by atoms with Crippen molar-refractivity contribution in [2.45, 2.75) is 58.5 Å². The van der Waals surface area contributed by atoms with Gasteiger partial charge in [-0.2, -0.15) is 0 Å². The van der Waals surface area contributed by atoms with Crippen molar-refractivity contribution in [3.8, 4) is 5.75 Å². The van der Waals surface area contributed by atoms with Crippen LogP contribution in [0.4, 0.5) is 4.39 Å². The topological polar surface area (TPSA) is 63.6 Å². The van der Waals surface area contributed by atoms with E-state index in [-0.39, 0.29) is 38.1 Å². The Bertz CT molecular complexity index is 865. The summed E-state index contributed by atoms with van der Waals surface area (Å²) in [4.78, 5) is 24.1. The Balaban J connectivity index is 0.00000140. The standard InChI is InChI=1S/C21H19FO4.2CH4/c22-15-3-5-16(6-4-15)26-17-7-9-21(10-8-17)18-11-14(20(24)25)2-1-13(18)12-19(21)23;;/h1-6,11,17H,7-10,12H2,(H,24,25);2*1H4. The van der Waals surface area contributed by atoms with Crippen LogP contribution in [0.15, 0.2) is 42.5 Å². The summed E-state index contributed by atoms with van der Waals surface area (Å²) in [7, 11) is 0. The summed E-state index contributed by atoms with van der Waals surface area (Å²) in [6.07, 6.45) is 3.06. The van der Waals surface area contributed by atoms with E-state index in [1.54, 1.807) is 30.3 Å². The molecular formula is C23H27FO4. The van der Waals surface area contributed by atoms with Gasteiger partial charge in [-0.3, -0.25) is 4.79 Å². The van der Waals surface area contributed by atoms with Crippen molar-refractivity contribution >= 4 is 11.8 Å². The van der Waals surface area contributed by atoms with Gasteiger partial charge in [-0.05, 0) is 73.2 Å². The average molecular weight is 386 g/mol. The Morgan fingerprint density at radius 3 is 2.32 bits per heavy atom. The van der Waals surface area contributed by atoms with Crippen LogP contribution in [0, 0.1) is 5.82 Å². The maximum Gasteiger partial charge on any atom is 0.335 e. The number of aromatic carboxylic acids is 1. The summed E-state index contributed by atoms with van der Waals surface area (Å²) in [6, 6.07) is 10.9. The SMILES string of the molecule is C.C.O=C(O)c1ccc2c(c1)C1(CCC(Oc3ccc(F)cc3)CC1)C(=O)C2. The van der Waals surface area contributed by atoms with Crippen LogP contribution in [0.5, 0.6) is 5.75 Å². The number of hydrogen-bond donors (Lipinski definition) is 1. The molecule has 0 amide bonds. The van der Waals surface area contributed by atoms with Gasteiger partial charge in [0.25, 0.3) is 0 Å². The lowest BCUT2D eigenvalue weighted by atomic mass is 9.68. The average Bonchev–Trinajstić information content (AvgIpc) is 2.90. The van der Waals surface area contributed by atoms with Crippen LogP contribution in [-0.4, -0.2) is 23.0 Å². The molecule has 1 fully saturated rings. The lowest BCUT2D eigenvalue weighted by Crippen LogP contribution is -2.39. The molecule has 5 heteroatoms. The van der Waals surface area contributed by atoms with Crippen molar-refractivity contribution in [1.82, 2.24) is 0 Å². The maximum atomic E-state index is 13.0. The van der Waals surface area contributed by atoms with Crippen LogP contribution < -0.4 is 4.74 Å². The first-order valence-corrected chi connectivity index (χ1v) is 8.80. The second kappa shape index (κ2) is 8.13. The van der Waals surface area contributed by atoms with Gasteiger partial charge in [-0.1, -0.05) is 20.9 Å². The minimum Gasteiger partial charge on any atom is -0.490 e. The van der Waals surface area contributed by atoms with E-state index in [1.165, 1.54) is 12.1 Å². The quantitative estimate of drug-likeness (QED) is 0.789. The number of Topliss-reactive ketones (excluding diaryl/α,β-unsaturated/α-hetero) is 1. The van der Waals surface area contributed by atoms with Crippen molar-refractivity contribution in [3.63, 3.8) is 0 Å². The van der Waals surface area contributed by atoms with Crippen LogP contribution in [0.2, 0.25) is 0 Å². The molecule has 0 bridgehead atoms. The first-order valence-electron chi connectivity index (χ1n) is 8.80. The monoisotopic (exact) mass is 386 g/mol. The molecule has 2 aliphatic carbocycles. The molecule has 4 rings (SSSR count). The highest BCUT2D eigenvalue weighted by atomic mass is 19.1. The molecule has 2 aromatic rings. The molecule has 0 radical (unpaired) electrons. The summed E-state index contributed by atoms with van der Waals surface area (Å²) in [5.41, 5.74) is 1.46. The molecule has 0 aromatic heterocycles. The molecule has 1 N–H and O–H groups in total. The first kappa shape index (κ1) is 21.6. The van der Waals surface area contributed by atoms with Crippen LogP contribution >= 0.6 is 0 Å². The van der Waals surface area contributed by atoms with Crippen LogP contribution in [-0.2, 0) is 16.6 Å². The molecule has 2 aliphatic rings. The van der Waals surface area contributed by atoms with E-state index < -0.39 is 11.4 Å². The Kier molecular flexibility index (Phi) is 6.27. The van der Waals surface area contributed by atoms with Gasteiger partial charge in [0.1, 0.15) is 17.3 Å². The Hall–Kier alpha value is -2.69. The Morgan fingerprint density at radius 2 is 1.71 bits per heavy atom. The van der Waals surface area contributed by atoms with E-state index in [2.05, 4.69) is 0 Å². The van der Waals surface area contributed by atoms with Gasteiger partial charge >= 0.3 is 5.97 Å². The molecule has 0 atom stereocenters. The number of hydrogen-bond acceptors (Lipinski definition) is 3. The second-order valence-corrected chi connectivity index (χ2v) is 7.13. The van der Waals surface area contributed by atoms with Crippen molar-refractivity contribution in [2.24, 2.45) is 0 Å². The van der Waals surface area contributed by atoms with Gasteiger partial charge < -0.3 is 9.84 Å². The number of carboxylic acid groups (broad SMARTS) is 1.